The standard InChI is InChI=1S/C32H40N4O2/c1-8-34(9-2)21-16-17-24-27(20-21)38-29-25(18-19-26(35(10-3)11-4)28(29)31(5,6)7)32(24)23-15-13-12-14-22(23)30(37)36(32)33/h12-20H,8-11,33H2,1-7H3. The number of carbonyl (C=O) groups is 1. The van der Waals surface area contributed by atoms with E-state index in [-0.39, 0.29) is 11.3 Å². The fraction of sp³-hybridized carbons (Fsp3) is 0.406. The van der Waals surface area contributed by atoms with Gasteiger partial charge in [-0.3, -0.25) is 9.80 Å². The van der Waals surface area contributed by atoms with Crippen LogP contribution in [-0.2, 0) is 11.0 Å². The Morgan fingerprint density at radius 1 is 0.842 bits per heavy atom. The van der Waals surface area contributed by atoms with Crippen molar-refractivity contribution in [1.82, 2.24) is 5.01 Å². The van der Waals surface area contributed by atoms with Gasteiger partial charge in [0.2, 0.25) is 0 Å². The molecule has 3 aromatic rings. The zero-order chi connectivity index (χ0) is 27.4. The molecule has 0 radical (unpaired) electrons. The van der Waals surface area contributed by atoms with E-state index in [4.69, 9.17) is 10.6 Å². The highest BCUT2D eigenvalue weighted by atomic mass is 16.5. The third-order valence-corrected chi connectivity index (χ3v) is 8.20. The SMILES string of the molecule is CCN(CC)c1ccc2c(c1)Oc1c(ccc(N(CC)CC)c1C(C)(C)C)C21c2ccccc2C(=O)N1N. The number of nitrogens with two attached hydrogens (primary N) is 1. The minimum atomic E-state index is -0.986. The van der Waals surface area contributed by atoms with Crippen LogP contribution in [0.3, 0.4) is 0 Å². The van der Waals surface area contributed by atoms with Crippen molar-refractivity contribution in [2.45, 2.75) is 59.4 Å². The monoisotopic (exact) mass is 512 g/mol. The number of rotatable bonds is 6. The average Bonchev–Trinajstić information content (AvgIpc) is 3.12. The van der Waals surface area contributed by atoms with Gasteiger partial charge < -0.3 is 14.5 Å². The number of amides is 1. The zero-order valence-corrected chi connectivity index (χ0v) is 23.8. The fourth-order valence-electron chi connectivity index (χ4n) is 6.40. The molecule has 1 unspecified atom stereocenters. The second-order valence-corrected chi connectivity index (χ2v) is 11.1. The summed E-state index contributed by atoms with van der Waals surface area (Å²) in [5, 5.41) is 1.43. The van der Waals surface area contributed by atoms with Crippen molar-refractivity contribution in [3.63, 3.8) is 0 Å². The van der Waals surface area contributed by atoms with E-state index in [1.54, 1.807) is 0 Å². The first-order chi connectivity index (χ1) is 18.1. The van der Waals surface area contributed by atoms with Crippen molar-refractivity contribution < 1.29 is 9.53 Å². The maximum atomic E-state index is 13.7. The average molecular weight is 513 g/mol. The number of hydrogen-bond acceptors (Lipinski definition) is 5. The quantitative estimate of drug-likeness (QED) is 0.306. The van der Waals surface area contributed by atoms with Gasteiger partial charge in [-0.05, 0) is 51.3 Å². The van der Waals surface area contributed by atoms with Gasteiger partial charge in [0.15, 0.2) is 0 Å². The molecule has 0 bridgehead atoms. The van der Waals surface area contributed by atoms with Crippen LogP contribution in [0, 0.1) is 0 Å². The van der Waals surface area contributed by atoms with Crippen LogP contribution < -0.4 is 20.4 Å². The first-order valence-electron chi connectivity index (χ1n) is 13.8. The third kappa shape index (κ3) is 3.53. The Balaban J connectivity index is 1.91. The smallest absolute Gasteiger partial charge is 0.269 e. The van der Waals surface area contributed by atoms with Crippen molar-refractivity contribution in [3.8, 4) is 11.5 Å². The lowest BCUT2D eigenvalue weighted by atomic mass is 9.72. The summed E-state index contributed by atoms with van der Waals surface area (Å²) < 4.78 is 6.93. The maximum absolute atomic E-state index is 13.7. The Labute approximate surface area is 227 Å². The molecule has 5 rings (SSSR count). The molecule has 1 spiro atoms. The first kappa shape index (κ1) is 26.1. The molecule has 6 nitrogen and oxygen atoms in total. The van der Waals surface area contributed by atoms with Crippen molar-refractivity contribution in [2.24, 2.45) is 5.84 Å². The number of ether oxygens (including phenoxy) is 1. The van der Waals surface area contributed by atoms with E-state index in [0.717, 1.165) is 71.3 Å². The number of fused-ring (bicyclic) bond motifs is 6. The molecule has 0 saturated heterocycles. The molecular formula is C32H40N4O2. The Morgan fingerprint density at radius 3 is 2.11 bits per heavy atom. The van der Waals surface area contributed by atoms with E-state index >= 15 is 0 Å². The van der Waals surface area contributed by atoms with Gasteiger partial charge in [0.1, 0.15) is 17.0 Å². The molecule has 38 heavy (non-hydrogen) atoms. The molecule has 200 valence electrons. The van der Waals surface area contributed by atoms with Crippen molar-refractivity contribution >= 4 is 17.3 Å². The van der Waals surface area contributed by atoms with E-state index in [9.17, 15) is 4.79 Å². The largest absolute Gasteiger partial charge is 0.456 e. The Morgan fingerprint density at radius 2 is 1.47 bits per heavy atom. The summed E-state index contributed by atoms with van der Waals surface area (Å²) in [6.07, 6.45) is 0. The van der Waals surface area contributed by atoms with E-state index in [1.165, 1.54) is 5.01 Å². The fourth-order valence-corrected chi connectivity index (χ4v) is 6.40. The summed E-state index contributed by atoms with van der Waals surface area (Å²) in [6, 6.07) is 18.4. The number of nitrogens with zero attached hydrogens (tertiary/aromatic N) is 3. The second kappa shape index (κ2) is 9.35. The van der Waals surface area contributed by atoms with Crippen LogP contribution in [0.1, 0.15) is 81.1 Å². The summed E-state index contributed by atoms with van der Waals surface area (Å²) in [5.41, 5.74) is 5.48. The molecular weight excluding hydrogens is 472 g/mol. The van der Waals surface area contributed by atoms with Crippen LogP contribution in [0.5, 0.6) is 11.5 Å². The highest BCUT2D eigenvalue weighted by molar-refractivity contribution is 6.02. The summed E-state index contributed by atoms with van der Waals surface area (Å²) in [5.74, 6) is 8.19. The number of carbonyl (C=O) groups excluding carboxylic acids is 1. The van der Waals surface area contributed by atoms with E-state index in [2.05, 4.69) is 88.6 Å². The van der Waals surface area contributed by atoms with Gasteiger partial charge in [-0.2, -0.15) is 0 Å². The van der Waals surface area contributed by atoms with Crippen molar-refractivity contribution in [1.29, 1.82) is 0 Å². The Hall–Kier alpha value is -3.51. The van der Waals surface area contributed by atoms with Gasteiger partial charge in [-0.1, -0.05) is 51.1 Å². The van der Waals surface area contributed by atoms with E-state index < -0.39 is 5.54 Å². The molecule has 1 atom stereocenters. The number of hydrazine groups is 1. The normalized spacial score (nSPS) is 17.7. The minimum Gasteiger partial charge on any atom is -0.456 e. The van der Waals surface area contributed by atoms with Gasteiger partial charge in [0.05, 0.1) is 0 Å². The minimum absolute atomic E-state index is 0.183. The predicted octanol–water partition coefficient (Wildman–Crippen LogP) is 6.40. The molecule has 2 heterocycles. The van der Waals surface area contributed by atoms with Gasteiger partial charge >= 0.3 is 0 Å². The molecule has 0 aliphatic carbocycles. The number of anilines is 2. The van der Waals surface area contributed by atoms with Crippen LogP contribution in [-0.4, -0.2) is 37.1 Å². The second-order valence-electron chi connectivity index (χ2n) is 11.1. The zero-order valence-electron chi connectivity index (χ0n) is 23.8. The Bertz CT molecular complexity index is 1380. The topological polar surface area (TPSA) is 62.0 Å². The number of hydrogen-bond donors (Lipinski definition) is 1. The highest BCUT2D eigenvalue weighted by Crippen LogP contribution is 2.59. The molecule has 2 aliphatic heterocycles. The predicted molar refractivity (Wildman–Crippen MR) is 155 cm³/mol. The van der Waals surface area contributed by atoms with Crippen molar-refractivity contribution in [2.75, 3.05) is 36.0 Å². The third-order valence-electron chi connectivity index (χ3n) is 8.20. The summed E-state index contributed by atoms with van der Waals surface area (Å²) in [6.45, 7) is 18.9. The first-order valence-corrected chi connectivity index (χ1v) is 13.8. The summed E-state index contributed by atoms with van der Waals surface area (Å²) >= 11 is 0. The van der Waals surface area contributed by atoms with Crippen LogP contribution in [0.15, 0.2) is 54.6 Å². The molecule has 6 heteroatoms. The lowest BCUT2D eigenvalue weighted by molar-refractivity contribution is 0.0665. The van der Waals surface area contributed by atoms with Crippen LogP contribution in [0.4, 0.5) is 11.4 Å². The lowest BCUT2D eigenvalue weighted by Crippen LogP contribution is -2.51. The van der Waals surface area contributed by atoms with Gasteiger partial charge in [0.25, 0.3) is 5.91 Å². The lowest BCUT2D eigenvalue weighted by Gasteiger charge is -2.44. The molecule has 3 aromatic carbocycles. The maximum Gasteiger partial charge on any atom is 0.269 e. The molecule has 2 aliphatic rings. The van der Waals surface area contributed by atoms with Gasteiger partial charge in [0, 0.05) is 71.4 Å². The molecule has 0 fully saturated rings. The van der Waals surface area contributed by atoms with E-state index in [0.29, 0.717) is 5.56 Å². The molecule has 2 N–H and O–H groups in total. The van der Waals surface area contributed by atoms with Crippen molar-refractivity contribution in [3.05, 3.63) is 82.4 Å². The van der Waals surface area contributed by atoms with Crippen LogP contribution >= 0.6 is 0 Å². The summed E-state index contributed by atoms with van der Waals surface area (Å²) in [7, 11) is 0. The highest BCUT2D eigenvalue weighted by Gasteiger charge is 2.56. The molecule has 0 aromatic heterocycles. The Kier molecular flexibility index (Phi) is 6.42. The molecule has 1 amide bonds. The van der Waals surface area contributed by atoms with Crippen LogP contribution in [0.25, 0.3) is 0 Å². The van der Waals surface area contributed by atoms with Crippen LogP contribution in [0.2, 0.25) is 0 Å². The van der Waals surface area contributed by atoms with Gasteiger partial charge in [-0.15, -0.1) is 0 Å². The van der Waals surface area contributed by atoms with E-state index in [1.807, 2.05) is 24.3 Å². The summed E-state index contributed by atoms with van der Waals surface area (Å²) in [4.78, 5) is 18.3. The molecule has 0 saturated carbocycles. The number of benzene rings is 3. The van der Waals surface area contributed by atoms with Gasteiger partial charge in [-0.25, -0.2) is 5.84 Å².